The fraction of sp³-hybridized carbons (Fsp3) is 0.118. The number of amides is 1. The summed E-state index contributed by atoms with van der Waals surface area (Å²) in [6.45, 7) is 0. The molecule has 1 amide bonds. The van der Waals surface area contributed by atoms with Crippen LogP contribution in [0.25, 0.3) is 10.6 Å². The molecule has 138 valence electrons. The zero-order valence-electron chi connectivity index (χ0n) is 14.3. The first kappa shape index (κ1) is 18.3. The van der Waals surface area contributed by atoms with Gasteiger partial charge in [-0.1, -0.05) is 17.4 Å². The average Bonchev–Trinajstić information content (AvgIpc) is 3.15. The predicted octanol–water partition coefficient (Wildman–Crippen LogP) is 3.38. The lowest BCUT2D eigenvalue weighted by Crippen LogP contribution is -2.11. The first-order valence-electron chi connectivity index (χ1n) is 7.63. The highest BCUT2D eigenvalue weighted by atomic mass is 32.1. The van der Waals surface area contributed by atoms with Gasteiger partial charge in [-0.15, -0.1) is 10.2 Å². The van der Waals surface area contributed by atoms with Gasteiger partial charge in [-0.05, 0) is 24.3 Å². The smallest absolute Gasteiger partial charge is 0.270 e. The first-order chi connectivity index (χ1) is 13.0. The summed E-state index contributed by atoms with van der Waals surface area (Å²) in [4.78, 5) is 22.6. The van der Waals surface area contributed by atoms with Crippen LogP contribution in [0.2, 0.25) is 0 Å². The van der Waals surface area contributed by atoms with E-state index >= 15 is 0 Å². The Morgan fingerprint density at radius 1 is 1.11 bits per heavy atom. The number of hydrogen-bond donors (Lipinski definition) is 1. The van der Waals surface area contributed by atoms with E-state index in [1.54, 1.807) is 25.3 Å². The van der Waals surface area contributed by atoms with Crippen molar-refractivity contribution in [1.29, 1.82) is 0 Å². The standard InChI is InChI=1S/C17H14N4O5S/c1-25-13-7-6-11(9-14(13)26-2)16-19-20-17(27-16)18-15(22)10-4-3-5-12(8-10)21(23)24/h3-9H,1-2H3,(H,18,20,22). The molecule has 0 spiro atoms. The number of ether oxygens (including phenoxy) is 2. The maximum atomic E-state index is 12.3. The number of benzene rings is 2. The van der Waals surface area contributed by atoms with Crippen molar-refractivity contribution in [2.24, 2.45) is 0 Å². The number of non-ortho nitro benzene ring substituents is 1. The Balaban J connectivity index is 1.79. The van der Waals surface area contributed by atoms with Crippen molar-refractivity contribution >= 4 is 28.1 Å². The van der Waals surface area contributed by atoms with Crippen LogP contribution in [0.15, 0.2) is 42.5 Å². The highest BCUT2D eigenvalue weighted by Crippen LogP contribution is 2.34. The summed E-state index contributed by atoms with van der Waals surface area (Å²) in [5.74, 6) is 0.631. The third-order valence-electron chi connectivity index (χ3n) is 3.60. The van der Waals surface area contributed by atoms with Crippen LogP contribution in [-0.4, -0.2) is 35.2 Å². The van der Waals surface area contributed by atoms with Gasteiger partial charge >= 0.3 is 0 Å². The predicted molar refractivity (Wildman–Crippen MR) is 99.5 cm³/mol. The Morgan fingerprint density at radius 2 is 1.89 bits per heavy atom. The molecular formula is C17H14N4O5S. The molecule has 2 aromatic carbocycles. The van der Waals surface area contributed by atoms with Crippen LogP contribution in [-0.2, 0) is 0 Å². The second-order valence-corrected chi connectivity index (χ2v) is 6.22. The second kappa shape index (κ2) is 7.79. The van der Waals surface area contributed by atoms with Gasteiger partial charge in [0, 0.05) is 23.3 Å². The van der Waals surface area contributed by atoms with Gasteiger partial charge in [0.1, 0.15) is 5.01 Å². The van der Waals surface area contributed by atoms with E-state index in [2.05, 4.69) is 15.5 Å². The normalized spacial score (nSPS) is 10.3. The van der Waals surface area contributed by atoms with Crippen LogP contribution in [0, 0.1) is 10.1 Å². The van der Waals surface area contributed by atoms with Crippen molar-refractivity contribution in [3.8, 4) is 22.1 Å². The number of carbonyl (C=O) groups is 1. The number of anilines is 1. The van der Waals surface area contributed by atoms with Gasteiger partial charge in [0.25, 0.3) is 11.6 Å². The van der Waals surface area contributed by atoms with E-state index < -0.39 is 10.8 Å². The lowest BCUT2D eigenvalue weighted by Gasteiger charge is -2.07. The van der Waals surface area contributed by atoms with Gasteiger partial charge in [0.15, 0.2) is 11.5 Å². The molecule has 27 heavy (non-hydrogen) atoms. The van der Waals surface area contributed by atoms with E-state index in [1.807, 2.05) is 0 Å². The molecule has 0 atom stereocenters. The maximum Gasteiger partial charge on any atom is 0.270 e. The SMILES string of the molecule is COc1ccc(-c2nnc(NC(=O)c3cccc([N+](=O)[O-])c3)s2)cc1OC. The zero-order valence-corrected chi connectivity index (χ0v) is 15.1. The highest BCUT2D eigenvalue weighted by Gasteiger charge is 2.15. The monoisotopic (exact) mass is 386 g/mol. The van der Waals surface area contributed by atoms with Crippen molar-refractivity contribution in [3.63, 3.8) is 0 Å². The lowest BCUT2D eigenvalue weighted by molar-refractivity contribution is -0.384. The Bertz CT molecular complexity index is 1000. The lowest BCUT2D eigenvalue weighted by atomic mass is 10.2. The van der Waals surface area contributed by atoms with E-state index in [0.717, 1.165) is 5.56 Å². The Hall–Kier alpha value is -3.53. The van der Waals surface area contributed by atoms with E-state index in [-0.39, 0.29) is 16.4 Å². The van der Waals surface area contributed by atoms with E-state index in [0.29, 0.717) is 16.5 Å². The van der Waals surface area contributed by atoms with E-state index in [1.165, 1.54) is 42.7 Å². The summed E-state index contributed by atoms with van der Waals surface area (Å²) in [6.07, 6.45) is 0. The first-order valence-corrected chi connectivity index (χ1v) is 8.45. The van der Waals surface area contributed by atoms with Crippen LogP contribution in [0.5, 0.6) is 11.5 Å². The Morgan fingerprint density at radius 3 is 2.59 bits per heavy atom. The van der Waals surface area contributed by atoms with Gasteiger partial charge < -0.3 is 9.47 Å². The van der Waals surface area contributed by atoms with Crippen molar-refractivity contribution in [2.75, 3.05) is 19.5 Å². The van der Waals surface area contributed by atoms with Gasteiger partial charge in [-0.3, -0.25) is 20.2 Å². The molecule has 0 saturated heterocycles. The second-order valence-electron chi connectivity index (χ2n) is 5.24. The Labute approximate surface area is 157 Å². The molecule has 0 bridgehead atoms. The average molecular weight is 386 g/mol. The topological polar surface area (TPSA) is 116 Å². The number of carbonyl (C=O) groups excluding carboxylic acids is 1. The van der Waals surface area contributed by atoms with Crippen molar-refractivity contribution in [3.05, 3.63) is 58.1 Å². The maximum absolute atomic E-state index is 12.3. The minimum atomic E-state index is -0.559. The molecule has 0 aliphatic carbocycles. The molecule has 0 aliphatic heterocycles. The number of nitrogens with one attached hydrogen (secondary N) is 1. The summed E-state index contributed by atoms with van der Waals surface area (Å²) in [6, 6.07) is 10.7. The minimum absolute atomic E-state index is 0.159. The van der Waals surface area contributed by atoms with Gasteiger partial charge in [-0.2, -0.15) is 0 Å². The molecule has 1 heterocycles. The summed E-state index contributed by atoms with van der Waals surface area (Å²) < 4.78 is 10.5. The number of nitro groups is 1. The molecule has 3 rings (SSSR count). The molecule has 0 aliphatic rings. The van der Waals surface area contributed by atoms with E-state index in [4.69, 9.17) is 9.47 Å². The van der Waals surface area contributed by atoms with Crippen molar-refractivity contribution in [1.82, 2.24) is 10.2 Å². The molecule has 10 heteroatoms. The Kier molecular flexibility index (Phi) is 5.27. The highest BCUT2D eigenvalue weighted by molar-refractivity contribution is 7.18. The quantitative estimate of drug-likeness (QED) is 0.510. The third kappa shape index (κ3) is 4.01. The molecule has 0 radical (unpaired) electrons. The van der Waals surface area contributed by atoms with E-state index in [9.17, 15) is 14.9 Å². The largest absolute Gasteiger partial charge is 0.493 e. The number of nitro benzene ring substituents is 1. The van der Waals surface area contributed by atoms with Crippen LogP contribution in [0.4, 0.5) is 10.8 Å². The molecule has 0 fully saturated rings. The van der Waals surface area contributed by atoms with Crippen LogP contribution in [0.3, 0.4) is 0 Å². The number of methoxy groups -OCH3 is 2. The summed E-state index contributed by atoms with van der Waals surface area (Å²) in [5.41, 5.74) is 0.749. The number of rotatable bonds is 6. The molecule has 3 aromatic rings. The van der Waals surface area contributed by atoms with Gasteiger partial charge in [0.05, 0.1) is 19.1 Å². The zero-order chi connectivity index (χ0) is 19.4. The summed E-state index contributed by atoms with van der Waals surface area (Å²) in [7, 11) is 3.08. The minimum Gasteiger partial charge on any atom is -0.493 e. The third-order valence-corrected chi connectivity index (χ3v) is 4.48. The van der Waals surface area contributed by atoms with Crippen LogP contribution >= 0.6 is 11.3 Å². The molecule has 1 aromatic heterocycles. The fourth-order valence-corrected chi connectivity index (χ4v) is 3.02. The fourth-order valence-electron chi connectivity index (χ4n) is 2.29. The van der Waals surface area contributed by atoms with Gasteiger partial charge in [0.2, 0.25) is 5.13 Å². The summed E-state index contributed by atoms with van der Waals surface area (Å²) in [5, 5.41) is 22.3. The van der Waals surface area contributed by atoms with Gasteiger partial charge in [-0.25, -0.2) is 0 Å². The van der Waals surface area contributed by atoms with Crippen molar-refractivity contribution in [2.45, 2.75) is 0 Å². The molecular weight excluding hydrogens is 372 g/mol. The number of nitrogens with zero attached hydrogens (tertiary/aromatic N) is 3. The summed E-state index contributed by atoms with van der Waals surface area (Å²) >= 11 is 1.17. The van der Waals surface area contributed by atoms with Crippen LogP contribution in [0.1, 0.15) is 10.4 Å². The molecule has 0 saturated carbocycles. The van der Waals surface area contributed by atoms with Crippen LogP contribution < -0.4 is 14.8 Å². The number of hydrogen-bond acceptors (Lipinski definition) is 8. The molecule has 1 N–H and O–H groups in total. The number of aromatic nitrogens is 2. The molecule has 9 nitrogen and oxygen atoms in total. The van der Waals surface area contributed by atoms with Crippen molar-refractivity contribution < 1.29 is 19.2 Å². The molecule has 0 unspecified atom stereocenters.